The summed E-state index contributed by atoms with van der Waals surface area (Å²) < 4.78 is 3.23. The number of carbonyl (C=O) groups is 1. The zero-order valence-electron chi connectivity index (χ0n) is 14.4. The average Bonchev–Trinajstić information content (AvgIpc) is 3.00. The highest BCUT2D eigenvalue weighted by atomic mass is 79.9. The van der Waals surface area contributed by atoms with Crippen LogP contribution < -0.4 is 11.0 Å². The molecule has 1 N–H and O–H groups in total. The number of hydrogen-bond acceptors (Lipinski definition) is 5. The van der Waals surface area contributed by atoms with Gasteiger partial charge in [0, 0.05) is 15.1 Å². The SMILES string of the molecule is O=C(Cn1nc2ccc(Sc3ccccc3)nn2c1=O)Nc1ccc(Br)cc1. The summed E-state index contributed by atoms with van der Waals surface area (Å²) in [5.74, 6) is -0.341. The minimum atomic E-state index is -0.462. The monoisotopic (exact) mass is 455 g/mol. The maximum Gasteiger partial charge on any atom is 0.367 e. The van der Waals surface area contributed by atoms with Crippen LogP contribution in [-0.4, -0.2) is 25.3 Å². The number of fused-ring (bicyclic) bond motifs is 1. The van der Waals surface area contributed by atoms with Crippen LogP contribution in [0.4, 0.5) is 5.69 Å². The number of nitrogens with one attached hydrogen (secondary N) is 1. The molecule has 0 fully saturated rings. The Morgan fingerprint density at radius 2 is 1.75 bits per heavy atom. The van der Waals surface area contributed by atoms with Gasteiger partial charge >= 0.3 is 5.69 Å². The fourth-order valence-electron chi connectivity index (χ4n) is 2.53. The molecule has 0 radical (unpaired) electrons. The second kappa shape index (κ2) is 7.99. The molecule has 4 aromatic rings. The zero-order chi connectivity index (χ0) is 19.5. The number of hydrogen-bond donors (Lipinski definition) is 1. The summed E-state index contributed by atoms with van der Waals surface area (Å²) in [5.41, 5.74) is 0.569. The highest BCUT2D eigenvalue weighted by Crippen LogP contribution is 2.25. The average molecular weight is 456 g/mol. The van der Waals surface area contributed by atoms with Crippen molar-refractivity contribution in [3.05, 3.63) is 81.7 Å². The lowest BCUT2D eigenvalue weighted by atomic mass is 10.3. The number of amides is 1. The van der Waals surface area contributed by atoms with Gasteiger partial charge in [-0.05, 0) is 48.5 Å². The molecule has 0 bridgehead atoms. The Kier molecular flexibility index (Phi) is 5.27. The fourth-order valence-corrected chi connectivity index (χ4v) is 3.59. The normalized spacial score (nSPS) is 10.9. The molecule has 0 saturated carbocycles. The molecule has 4 rings (SSSR count). The summed E-state index contributed by atoms with van der Waals surface area (Å²) >= 11 is 4.79. The summed E-state index contributed by atoms with van der Waals surface area (Å²) in [6, 6.07) is 20.4. The second-order valence-corrected chi connectivity index (χ2v) is 7.86. The molecule has 140 valence electrons. The van der Waals surface area contributed by atoms with Crippen molar-refractivity contribution < 1.29 is 4.79 Å². The van der Waals surface area contributed by atoms with Crippen molar-refractivity contribution in [3.63, 3.8) is 0 Å². The maximum atomic E-state index is 12.6. The summed E-state index contributed by atoms with van der Waals surface area (Å²) in [4.78, 5) is 25.8. The van der Waals surface area contributed by atoms with Crippen LogP contribution in [0.2, 0.25) is 0 Å². The highest BCUT2D eigenvalue weighted by Gasteiger charge is 2.13. The van der Waals surface area contributed by atoms with E-state index >= 15 is 0 Å². The predicted octanol–water partition coefficient (Wildman–Crippen LogP) is 3.44. The van der Waals surface area contributed by atoms with Crippen molar-refractivity contribution in [2.75, 3.05) is 5.32 Å². The Bertz CT molecular complexity index is 1190. The van der Waals surface area contributed by atoms with Gasteiger partial charge in [0.25, 0.3) is 0 Å². The molecule has 0 aliphatic heterocycles. The molecule has 28 heavy (non-hydrogen) atoms. The van der Waals surface area contributed by atoms with Crippen molar-refractivity contribution in [1.29, 1.82) is 0 Å². The van der Waals surface area contributed by atoms with Crippen molar-refractivity contribution >= 4 is 44.9 Å². The van der Waals surface area contributed by atoms with Gasteiger partial charge in [-0.2, -0.15) is 9.61 Å². The van der Waals surface area contributed by atoms with Crippen LogP contribution in [-0.2, 0) is 11.3 Å². The van der Waals surface area contributed by atoms with Crippen LogP contribution in [0.5, 0.6) is 0 Å². The van der Waals surface area contributed by atoms with Crippen LogP contribution >= 0.6 is 27.7 Å². The molecule has 0 spiro atoms. The fraction of sp³-hybridized carbons (Fsp3) is 0.0526. The van der Waals surface area contributed by atoms with E-state index in [0.717, 1.165) is 14.1 Å². The van der Waals surface area contributed by atoms with E-state index in [-0.39, 0.29) is 12.5 Å². The molecule has 0 saturated heterocycles. The number of carbonyl (C=O) groups excluding carboxylic acids is 1. The third-order valence-corrected chi connectivity index (χ3v) is 5.27. The van der Waals surface area contributed by atoms with Gasteiger partial charge in [0.05, 0.1) is 0 Å². The molecule has 7 nitrogen and oxygen atoms in total. The molecule has 2 heterocycles. The topological polar surface area (TPSA) is 81.3 Å². The van der Waals surface area contributed by atoms with Crippen molar-refractivity contribution in [3.8, 4) is 0 Å². The van der Waals surface area contributed by atoms with E-state index in [4.69, 9.17) is 0 Å². The van der Waals surface area contributed by atoms with Gasteiger partial charge in [-0.1, -0.05) is 45.9 Å². The molecule has 0 atom stereocenters. The van der Waals surface area contributed by atoms with Gasteiger partial charge in [0.2, 0.25) is 5.91 Å². The van der Waals surface area contributed by atoms with Crippen LogP contribution in [0.15, 0.2) is 85.9 Å². The van der Waals surface area contributed by atoms with Crippen LogP contribution in [0.3, 0.4) is 0 Å². The molecule has 2 aromatic heterocycles. The predicted molar refractivity (Wildman–Crippen MR) is 111 cm³/mol. The molecular weight excluding hydrogens is 442 g/mol. The third-order valence-electron chi connectivity index (χ3n) is 3.80. The van der Waals surface area contributed by atoms with Crippen molar-refractivity contribution in [2.24, 2.45) is 0 Å². The number of nitrogens with zero attached hydrogens (tertiary/aromatic N) is 4. The Balaban J connectivity index is 1.53. The van der Waals surface area contributed by atoms with Gasteiger partial charge in [-0.3, -0.25) is 4.79 Å². The van der Waals surface area contributed by atoms with Gasteiger partial charge in [-0.15, -0.1) is 5.10 Å². The number of rotatable bonds is 5. The first-order valence-electron chi connectivity index (χ1n) is 8.34. The molecule has 1 amide bonds. The minimum absolute atomic E-state index is 0.195. The number of halogens is 1. The lowest BCUT2D eigenvalue weighted by Crippen LogP contribution is -2.28. The van der Waals surface area contributed by atoms with E-state index in [2.05, 4.69) is 31.4 Å². The van der Waals surface area contributed by atoms with E-state index in [1.807, 2.05) is 42.5 Å². The van der Waals surface area contributed by atoms with E-state index in [0.29, 0.717) is 16.4 Å². The van der Waals surface area contributed by atoms with E-state index < -0.39 is 5.69 Å². The molecule has 9 heteroatoms. The standard InChI is InChI=1S/C19H14BrN5O2S/c20-13-6-8-14(9-7-13)21-17(26)12-24-19(27)25-16(22-24)10-11-18(23-25)28-15-4-2-1-3-5-15/h1-11H,12H2,(H,21,26). The molecular formula is C19H14BrN5O2S. The van der Waals surface area contributed by atoms with E-state index in [1.54, 1.807) is 24.3 Å². The van der Waals surface area contributed by atoms with Crippen LogP contribution in [0.1, 0.15) is 0 Å². The first-order valence-corrected chi connectivity index (χ1v) is 9.95. The van der Waals surface area contributed by atoms with Gasteiger partial charge in [-0.25, -0.2) is 9.48 Å². The Morgan fingerprint density at radius 1 is 1.00 bits per heavy atom. The summed E-state index contributed by atoms with van der Waals surface area (Å²) in [7, 11) is 0. The molecule has 0 aliphatic rings. The lowest BCUT2D eigenvalue weighted by Gasteiger charge is -2.04. The van der Waals surface area contributed by atoms with Gasteiger partial charge in [0.1, 0.15) is 11.6 Å². The highest BCUT2D eigenvalue weighted by molar-refractivity contribution is 9.10. The number of aromatic nitrogens is 4. The summed E-state index contributed by atoms with van der Waals surface area (Å²) in [6.45, 7) is -0.195. The van der Waals surface area contributed by atoms with Crippen molar-refractivity contribution in [2.45, 2.75) is 16.5 Å². The Morgan fingerprint density at radius 3 is 2.50 bits per heavy atom. The van der Waals surface area contributed by atoms with Crippen molar-refractivity contribution in [1.82, 2.24) is 19.4 Å². The number of benzene rings is 2. The molecule has 0 unspecified atom stereocenters. The lowest BCUT2D eigenvalue weighted by molar-refractivity contribution is -0.117. The smallest absolute Gasteiger partial charge is 0.324 e. The minimum Gasteiger partial charge on any atom is -0.324 e. The first kappa shape index (κ1) is 18.5. The van der Waals surface area contributed by atoms with Crippen LogP contribution in [0.25, 0.3) is 5.65 Å². The molecule has 2 aromatic carbocycles. The number of anilines is 1. The van der Waals surface area contributed by atoms with Gasteiger partial charge < -0.3 is 5.32 Å². The van der Waals surface area contributed by atoms with Gasteiger partial charge in [0.15, 0.2) is 5.65 Å². The maximum absolute atomic E-state index is 12.6. The first-order chi connectivity index (χ1) is 13.6. The van der Waals surface area contributed by atoms with Crippen LogP contribution in [0, 0.1) is 0 Å². The summed E-state index contributed by atoms with van der Waals surface area (Å²) in [5, 5.41) is 11.9. The van der Waals surface area contributed by atoms with E-state index in [1.165, 1.54) is 16.3 Å². The Hall–Kier alpha value is -2.91. The summed E-state index contributed by atoms with van der Waals surface area (Å²) in [6.07, 6.45) is 0. The third kappa shape index (κ3) is 4.15. The quantitative estimate of drug-likeness (QED) is 0.498. The second-order valence-electron chi connectivity index (χ2n) is 5.85. The van der Waals surface area contributed by atoms with E-state index in [9.17, 15) is 9.59 Å². The zero-order valence-corrected chi connectivity index (χ0v) is 16.9. The largest absolute Gasteiger partial charge is 0.367 e. The molecule has 0 aliphatic carbocycles. The Labute approximate surface area is 172 Å².